The van der Waals surface area contributed by atoms with Crippen LogP contribution in [0.4, 0.5) is 0 Å². The molecule has 132 valence electrons. The van der Waals surface area contributed by atoms with E-state index in [9.17, 15) is 18.3 Å². The number of aliphatic carboxylic acids is 1. The average molecular weight is 352 g/mol. The summed E-state index contributed by atoms with van der Waals surface area (Å²) < 4.78 is 30.5. The molecule has 24 heavy (non-hydrogen) atoms. The Labute approximate surface area is 144 Å². The Balaban J connectivity index is 2.85. The quantitative estimate of drug-likeness (QED) is 0.516. The van der Waals surface area contributed by atoms with E-state index >= 15 is 0 Å². The fraction of sp³-hybridized carbons (Fsp3) is 0.500. The van der Waals surface area contributed by atoms with E-state index in [1.807, 2.05) is 6.92 Å². The number of carbonyl (C=O) groups is 1. The first-order chi connectivity index (χ1) is 11.4. The van der Waals surface area contributed by atoms with E-state index < -0.39 is 21.1 Å². The number of sulfone groups is 1. The molecule has 1 rings (SSSR count). The summed E-state index contributed by atoms with van der Waals surface area (Å²) in [5.41, 5.74) is 0. The van der Waals surface area contributed by atoms with Gasteiger partial charge in [0.25, 0.3) is 0 Å². The second kappa shape index (κ2) is 9.99. The van der Waals surface area contributed by atoms with Crippen LogP contribution in [-0.4, -0.2) is 31.4 Å². The minimum Gasteiger partial charge on any atom is -0.481 e. The van der Waals surface area contributed by atoms with Crippen LogP contribution in [0.15, 0.2) is 29.2 Å². The topological polar surface area (TPSA) is 80.7 Å². The van der Waals surface area contributed by atoms with Crippen LogP contribution in [0.3, 0.4) is 0 Å². The predicted octanol–water partition coefficient (Wildman–Crippen LogP) is 3.29. The molecule has 0 saturated carbocycles. The summed E-state index contributed by atoms with van der Waals surface area (Å²) in [5.74, 6) is 4.62. The highest BCUT2D eigenvalue weighted by molar-refractivity contribution is 7.92. The molecule has 0 amide bonds. The van der Waals surface area contributed by atoms with Crippen LogP contribution in [0.1, 0.15) is 46.0 Å². The third kappa shape index (κ3) is 5.89. The van der Waals surface area contributed by atoms with Crippen LogP contribution in [0.2, 0.25) is 0 Å². The van der Waals surface area contributed by atoms with Crippen molar-refractivity contribution in [2.75, 3.05) is 6.61 Å². The van der Waals surface area contributed by atoms with E-state index in [1.54, 1.807) is 6.92 Å². The van der Waals surface area contributed by atoms with Crippen molar-refractivity contribution in [2.45, 2.75) is 56.1 Å². The lowest BCUT2D eigenvalue weighted by Crippen LogP contribution is -2.30. The number of ether oxygens (including phenoxy) is 1. The Morgan fingerprint density at radius 3 is 2.42 bits per heavy atom. The fourth-order valence-corrected chi connectivity index (χ4v) is 3.84. The molecule has 0 spiro atoms. The van der Waals surface area contributed by atoms with E-state index in [0.29, 0.717) is 12.2 Å². The van der Waals surface area contributed by atoms with Crippen molar-refractivity contribution in [1.29, 1.82) is 0 Å². The second-order valence-corrected chi connectivity index (χ2v) is 7.54. The third-order valence-electron chi connectivity index (χ3n) is 3.61. The zero-order valence-corrected chi connectivity index (χ0v) is 14.9. The molecule has 0 heterocycles. The molecule has 1 N–H and O–H groups in total. The summed E-state index contributed by atoms with van der Waals surface area (Å²) in [6.45, 7) is 3.96. The van der Waals surface area contributed by atoms with Crippen molar-refractivity contribution in [3.05, 3.63) is 24.3 Å². The molecule has 5 nitrogen and oxygen atoms in total. The Kier molecular flexibility index (Phi) is 8.34. The Bertz CT molecular complexity index is 680. The molecule has 1 aromatic rings. The first kappa shape index (κ1) is 20.0. The number of rotatable bonds is 10. The normalized spacial score (nSPS) is 12.1. The Morgan fingerprint density at radius 2 is 1.88 bits per heavy atom. The summed E-state index contributed by atoms with van der Waals surface area (Å²) in [6, 6.07) is 5.79. The zero-order valence-electron chi connectivity index (χ0n) is 14.1. The molecule has 0 radical (unpaired) electrons. The van der Waals surface area contributed by atoms with Crippen LogP contribution in [0, 0.1) is 11.8 Å². The molecule has 0 aliphatic heterocycles. The average Bonchev–Trinajstić information content (AvgIpc) is 2.55. The van der Waals surface area contributed by atoms with Crippen LogP contribution >= 0.6 is 0 Å². The molecule has 0 fully saturated rings. The van der Waals surface area contributed by atoms with Crippen molar-refractivity contribution in [2.24, 2.45) is 0 Å². The minimum atomic E-state index is -3.91. The van der Waals surface area contributed by atoms with Crippen molar-refractivity contribution in [3.8, 4) is 17.6 Å². The van der Waals surface area contributed by atoms with Gasteiger partial charge in [0, 0.05) is 0 Å². The molecule has 1 unspecified atom stereocenters. The third-order valence-corrected chi connectivity index (χ3v) is 5.73. The maximum absolute atomic E-state index is 12.6. The molecule has 0 aliphatic carbocycles. The van der Waals surface area contributed by atoms with Gasteiger partial charge in [-0.05, 0) is 37.6 Å². The molecule has 0 saturated heterocycles. The van der Waals surface area contributed by atoms with Crippen molar-refractivity contribution < 1.29 is 23.1 Å². The summed E-state index contributed by atoms with van der Waals surface area (Å²) in [6.07, 6.45) is 3.53. The van der Waals surface area contributed by atoms with Crippen LogP contribution in [0.25, 0.3) is 0 Å². The number of benzene rings is 1. The SMILES string of the molecule is CC#CCOc1ccc(S(=O)(=O)C(CCCCCC)C(=O)O)cc1. The maximum atomic E-state index is 12.6. The van der Waals surface area contributed by atoms with E-state index in [-0.39, 0.29) is 17.9 Å². The van der Waals surface area contributed by atoms with Gasteiger partial charge in [0.1, 0.15) is 12.4 Å². The highest BCUT2D eigenvalue weighted by atomic mass is 32.2. The van der Waals surface area contributed by atoms with Gasteiger partial charge in [-0.15, -0.1) is 5.92 Å². The molecule has 6 heteroatoms. The summed E-state index contributed by atoms with van der Waals surface area (Å²) in [5, 5.41) is 7.90. The van der Waals surface area contributed by atoms with Crippen molar-refractivity contribution >= 4 is 15.8 Å². The van der Waals surface area contributed by atoms with Gasteiger partial charge >= 0.3 is 5.97 Å². The van der Waals surface area contributed by atoms with Gasteiger partial charge in [-0.3, -0.25) is 4.79 Å². The number of carboxylic acids is 1. The van der Waals surface area contributed by atoms with E-state index in [1.165, 1.54) is 24.3 Å². The number of hydrogen-bond donors (Lipinski definition) is 1. The summed E-state index contributed by atoms with van der Waals surface area (Å²) in [4.78, 5) is 11.4. The molecule has 0 bridgehead atoms. The fourth-order valence-electron chi connectivity index (χ4n) is 2.25. The largest absolute Gasteiger partial charge is 0.481 e. The van der Waals surface area contributed by atoms with E-state index in [2.05, 4.69) is 11.8 Å². The lowest BCUT2D eigenvalue weighted by Gasteiger charge is -2.14. The Morgan fingerprint density at radius 1 is 1.21 bits per heavy atom. The molecule has 1 atom stereocenters. The lowest BCUT2D eigenvalue weighted by molar-refractivity contribution is -0.136. The number of carboxylic acid groups (broad SMARTS) is 1. The van der Waals surface area contributed by atoms with Gasteiger partial charge < -0.3 is 9.84 Å². The zero-order chi connectivity index (χ0) is 18.0. The number of hydrogen-bond acceptors (Lipinski definition) is 4. The van der Waals surface area contributed by atoms with Crippen molar-refractivity contribution in [1.82, 2.24) is 0 Å². The standard InChI is InChI=1S/C18H24O5S/c1-3-5-7-8-9-17(18(19)20)24(21,22)16-12-10-15(11-13-16)23-14-6-4-2/h10-13,17H,3,5,7-9,14H2,1-2H3,(H,19,20). The molecule has 0 aliphatic rings. The van der Waals surface area contributed by atoms with Gasteiger partial charge in [0.2, 0.25) is 0 Å². The van der Waals surface area contributed by atoms with Crippen LogP contribution < -0.4 is 4.74 Å². The second-order valence-electron chi connectivity index (χ2n) is 5.41. The van der Waals surface area contributed by atoms with Gasteiger partial charge in [-0.25, -0.2) is 8.42 Å². The first-order valence-electron chi connectivity index (χ1n) is 8.02. The number of unbranched alkanes of at least 4 members (excludes halogenated alkanes) is 3. The predicted molar refractivity (Wildman–Crippen MR) is 92.8 cm³/mol. The molecule has 0 aromatic heterocycles. The van der Waals surface area contributed by atoms with Gasteiger partial charge in [0.15, 0.2) is 15.1 Å². The smallest absolute Gasteiger partial charge is 0.322 e. The van der Waals surface area contributed by atoms with Gasteiger partial charge in [-0.2, -0.15) is 0 Å². The highest BCUT2D eigenvalue weighted by Gasteiger charge is 2.33. The maximum Gasteiger partial charge on any atom is 0.322 e. The Hall–Kier alpha value is -2.00. The van der Waals surface area contributed by atoms with E-state index in [0.717, 1.165) is 19.3 Å². The van der Waals surface area contributed by atoms with Gasteiger partial charge in [-0.1, -0.05) is 38.5 Å². The van der Waals surface area contributed by atoms with E-state index in [4.69, 9.17) is 4.74 Å². The lowest BCUT2D eigenvalue weighted by atomic mass is 10.1. The van der Waals surface area contributed by atoms with Crippen molar-refractivity contribution in [3.63, 3.8) is 0 Å². The van der Waals surface area contributed by atoms with Crippen LogP contribution in [-0.2, 0) is 14.6 Å². The summed E-state index contributed by atoms with van der Waals surface area (Å²) >= 11 is 0. The van der Waals surface area contributed by atoms with Crippen LogP contribution in [0.5, 0.6) is 5.75 Å². The monoisotopic (exact) mass is 352 g/mol. The van der Waals surface area contributed by atoms with Gasteiger partial charge in [0.05, 0.1) is 4.90 Å². The minimum absolute atomic E-state index is 0.000632. The molecular weight excluding hydrogens is 328 g/mol. The summed E-state index contributed by atoms with van der Waals surface area (Å²) in [7, 11) is -3.91. The molecular formula is C18H24O5S. The first-order valence-corrected chi connectivity index (χ1v) is 9.57. The molecule has 1 aromatic carbocycles. The highest BCUT2D eigenvalue weighted by Crippen LogP contribution is 2.23.